The Morgan fingerprint density at radius 1 is 1.03 bits per heavy atom. The summed E-state index contributed by atoms with van der Waals surface area (Å²) in [5.41, 5.74) is 2.77. The summed E-state index contributed by atoms with van der Waals surface area (Å²) in [7, 11) is -2.47. The van der Waals surface area contributed by atoms with Gasteiger partial charge in [-0.2, -0.15) is 0 Å². The number of sulfonamides is 1. The zero-order chi connectivity index (χ0) is 26.1. The van der Waals surface area contributed by atoms with Gasteiger partial charge in [-0.05, 0) is 70.2 Å². The predicted molar refractivity (Wildman–Crippen MR) is 140 cm³/mol. The number of nitrogens with one attached hydrogen (secondary N) is 1. The second-order valence-electron chi connectivity index (χ2n) is 9.75. The second kappa shape index (κ2) is 9.85. The van der Waals surface area contributed by atoms with Gasteiger partial charge in [0.1, 0.15) is 23.6 Å². The van der Waals surface area contributed by atoms with Crippen LogP contribution in [0.1, 0.15) is 43.0 Å². The van der Waals surface area contributed by atoms with E-state index in [-0.39, 0.29) is 17.5 Å². The van der Waals surface area contributed by atoms with Crippen LogP contribution in [0.15, 0.2) is 71.6 Å². The molecule has 7 nitrogen and oxygen atoms in total. The highest BCUT2D eigenvalue weighted by Crippen LogP contribution is 2.40. The van der Waals surface area contributed by atoms with E-state index < -0.39 is 21.5 Å². The molecule has 0 saturated carbocycles. The maximum absolute atomic E-state index is 13.7. The van der Waals surface area contributed by atoms with Gasteiger partial charge in [-0.3, -0.25) is 9.10 Å². The molecule has 1 atom stereocenters. The van der Waals surface area contributed by atoms with Crippen molar-refractivity contribution < 1.29 is 22.7 Å². The number of benzene rings is 3. The monoisotopic (exact) mass is 508 g/mol. The zero-order valence-electron chi connectivity index (χ0n) is 21.2. The summed E-state index contributed by atoms with van der Waals surface area (Å²) in [6, 6.07) is 18.8. The third-order valence-corrected chi connectivity index (χ3v) is 8.00. The lowest BCUT2D eigenvalue weighted by atomic mass is 9.89. The SMILES string of the molecule is COc1ccc(N(CC(=O)NC2CC(C)(C)Oc3ccc(C)cc32)S(=O)(=O)c2ccc(C)cc2)cc1. The Labute approximate surface area is 213 Å². The van der Waals surface area contributed by atoms with Crippen molar-refractivity contribution in [3.05, 3.63) is 83.4 Å². The van der Waals surface area contributed by atoms with Crippen molar-refractivity contribution in [3.8, 4) is 11.5 Å². The van der Waals surface area contributed by atoms with Crippen molar-refractivity contribution in [1.82, 2.24) is 5.32 Å². The molecule has 0 spiro atoms. The van der Waals surface area contributed by atoms with Crippen molar-refractivity contribution in [2.24, 2.45) is 0 Å². The number of nitrogens with zero attached hydrogens (tertiary/aromatic N) is 1. The summed E-state index contributed by atoms with van der Waals surface area (Å²) >= 11 is 0. The number of hydrogen-bond acceptors (Lipinski definition) is 5. The molecule has 36 heavy (non-hydrogen) atoms. The van der Waals surface area contributed by atoms with E-state index in [1.165, 1.54) is 7.11 Å². The van der Waals surface area contributed by atoms with Crippen LogP contribution >= 0.6 is 0 Å². The average Bonchev–Trinajstić information content (AvgIpc) is 2.83. The molecule has 1 aliphatic rings. The van der Waals surface area contributed by atoms with E-state index in [0.29, 0.717) is 17.9 Å². The van der Waals surface area contributed by atoms with Crippen molar-refractivity contribution in [1.29, 1.82) is 0 Å². The molecule has 3 aromatic carbocycles. The van der Waals surface area contributed by atoms with Crippen LogP contribution in [-0.2, 0) is 14.8 Å². The molecule has 0 saturated heterocycles. The van der Waals surface area contributed by atoms with Gasteiger partial charge in [-0.25, -0.2) is 8.42 Å². The molecule has 1 aliphatic heterocycles. The number of anilines is 1. The molecule has 0 fully saturated rings. The molecule has 0 bridgehead atoms. The van der Waals surface area contributed by atoms with Crippen molar-refractivity contribution in [3.63, 3.8) is 0 Å². The average molecular weight is 509 g/mol. The third kappa shape index (κ3) is 5.49. The minimum atomic E-state index is -4.01. The molecule has 3 aromatic rings. The number of aryl methyl sites for hydroxylation is 2. The van der Waals surface area contributed by atoms with E-state index in [9.17, 15) is 13.2 Å². The zero-order valence-corrected chi connectivity index (χ0v) is 22.1. The largest absolute Gasteiger partial charge is 0.497 e. The van der Waals surface area contributed by atoms with Crippen molar-refractivity contribution >= 4 is 21.6 Å². The molecule has 4 rings (SSSR count). The van der Waals surface area contributed by atoms with Gasteiger partial charge >= 0.3 is 0 Å². The number of amides is 1. The van der Waals surface area contributed by atoms with Gasteiger partial charge in [0.05, 0.1) is 23.7 Å². The highest BCUT2D eigenvalue weighted by atomic mass is 32.2. The van der Waals surface area contributed by atoms with E-state index in [1.807, 2.05) is 45.9 Å². The Bertz CT molecular complexity index is 1350. The molecule has 0 aliphatic carbocycles. The van der Waals surface area contributed by atoms with E-state index in [4.69, 9.17) is 9.47 Å². The summed E-state index contributed by atoms with van der Waals surface area (Å²) in [5.74, 6) is 0.908. The summed E-state index contributed by atoms with van der Waals surface area (Å²) in [4.78, 5) is 13.5. The molecule has 1 N–H and O–H groups in total. The molecule has 0 radical (unpaired) electrons. The lowest BCUT2D eigenvalue weighted by Crippen LogP contribution is -2.45. The minimum absolute atomic E-state index is 0.116. The van der Waals surface area contributed by atoms with Gasteiger partial charge in [-0.1, -0.05) is 35.4 Å². The Morgan fingerprint density at radius 2 is 1.67 bits per heavy atom. The van der Waals surface area contributed by atoms with Gasteiger partial charge in [0.2, 0.25) is 5.91 Å². The molecule has 1 heterocycles. The number of methoxy groups -OCH3 is 1. The molecular weight excluding hydrogens is 476 g/mol. The van der Waals surface area contributed by atoms with E-state index in [2.05, 4.69) is 5.32 Å². The minimum Gasteiger partial charge on any atom is -0.497 e. The highest BCUT2D eigenvalue weighted by Gasteiger charge is 2.35. The topological polar surface area (TPSA) is 84.9 Å². The second-order valence-corrected chi connectivity index (χ2v) is 11.6. The Morgan fingerprint density at radius 3 is 2.31 bits per heavy atom. The molecule has 0 aromatic heterocycles. The highest BCUT2D eigenvalue weighted by molar-refractivity contribution is 7.92. The van der Waals surface area contributed by atoms with E-state index in [1.54, 1.807) is 48.5 Å². The first-order valence-electron chi connectivity index (χ1n) is 11.8. The van der Waals surface area contributed by atoms with Crippen LogP contribution in [-0.4, -0.2) is 33.6 Å². The molecule has 190 valence electrons. The Balaban J connectivity index is 1.65. The van der Waals surface area contributed by atoms with Gasteiger partial charge in [0, 0.05) is 12.0 Å². The summed E-state index contributed by atoms with van der Waals surface area (Å²) in [6.45, 7) is 7.45. The van der Waals surface area contributed by atoms with Crippen LogP contribution in [0.25, 0.3) is 0 Å². The number of carbonyl (C=O) groups excluding carboxylic acids is 1. The number of fused-ring (bicyclic) bond motifs is 1. The first-order valence-corrected chi connectivity index (χ1v) is 13.2. The van der Waals surface area contributed by atoms with Crippen molar-refractivity contribution in [2.75, 3.05) is 18.0 Å². The molecule has 1 amide bonds. The lowest BCUT2D eigenvalue weighted by Gasteiger charge is -2.38. The number of ether oxygens (including phenoxy) is 2. The van der Waals surface area contributed by atoms with Crippen LogP contribution in [0.2, 0.25) is 0 Å². The van der Waals surface area contributed by atoms with Gasteiger partial charge in [0.15, 0.2) is 0 Å². The van der Waals surface area contributed by atoms with Gasteiger partial charge in [0.25, 0.3) is 10.0 Å². The number of carbonyl (C=O) groups is 1. The van der Waals surface area contributed by atoms with Crippen LogP contribution in [0.5, 0.6) is 11.5 Å². The Kier molecular flexibility index (Phi) is 7.00. The van der Waals surface area contributed by atoms with Crippen LogP contribution in [0, 0.1) is 13.8 Å². The molecule has 8 heteroatoms. The van der Waals surface area contributed by atoms with Crippen molar-refractivity contribution in [2.45, 2.75) is 50.7 Å². The van der Waals surface area contributed by atoms with Gasteiger partial charge < -0.3 is 14.8 Å². The maximum atomic E-state index is 13.7. The summed E-state index contributed by atoms with van der Waals surface area (Å²) < 4.78 is 39.8. The normalized spacial score (nSPS) is 16.4. The smallest absolute Gasteiger partial charge is 0.264 e. The predicted octanol–water partition coefficient (Wildman–Crippen LogP) is 4.93. The number of hydrogen-bond donors (Lipinski definition) is 1. The summed E-state index contributed by atoms with van der Waals surface area (Å²) in [6.07, 6.45) is 0.558. The van der Waals surface area contributed by atoms with Crippen LogP contribution in [0.3, 0.4) is 0 Å². The van der Waals surface area contributed by atoms with Crippen LogP contribution < -0.4 is 19.1 Å². The van der Waals surface area contributed by atoms with Crippen LogP contribution in [0.4, 0.5) is 5.69 Å². The standard InChI is InChI=1S/C28H32N2O5S/c1-19-6-13-23(14-7-19)36(32,33)30(21-9-11-22(34-5)12-10-21)18-27(31)29-25-17-28(3,4)35-26-15-8-20(2)16-24(25)26/h6-16,25H,17-18H2,1-5H3,(H,29,31). The fourth-order valence-electron chi connectivity index (χ4n) is 4.37. The first-order chi connectivity index (χ1) is 17.0. The fourth-order valence-corrected chi connectivity index (χ4v) is 5.80. The number of rotatable bonds is 7. The molecule has 1 unspecified atom stereocenters. The third-order valence-electron chi connectivity index (χ3n) is 6.21. The van der Waals surface area contributed by atoms with E-state index in [0.717, 1.165) is 26.7 Å². The Hall–Kier alpha value is -3.52. The van der Waals surface area contributed by atoms with Gasteiger partial charge in [-0.15, -0.1) is 0 Å². The molecular formula is C28H32N2O5S. The van der Waals surface area contributed by atoms with E-state index >= 15 is 0 Å². The lowest BCUT2D eigenvalue weighted by molar-refractivity contribution is -0.120. The first kappa shape index (κ1) is 25.6. The fraction of sp³-hybridized carbons (Fsp3) is 0.321. The maximum Gasteiger partial charge on any atom is 0.264 e. The summed E-state index contributed by atoms with van der Waals surface area (Å²) in [5, 5.41) is 3.06. The quantitative estimate of drug-likeness (QED) is 0.489.